The van der Waals surface area contributed by atoms with Crippen LogP contribution in [-0.2, 0) is 4.74 Å². The molecule has 5 nitrogen and oxygen atoms in total. The van der Waals surface area contributed by atoms with Crippen LogP contribution in [0.1, 0.15) is 33.1 Å². The van der Waals surface area contributed by atoms with Crippen LogP contribution in [0.4, 0.5) is 0 Å². The standard InChI is InChI=1S/C12H26N3O2/c1-5-12(2,15(4)16)17-10-11(9-14-3)7-6-8-13/h3,11,15H,5-10,13H2,1-2,4H3/q+1. The molecule has 17 heavy (non-hydrogen) atoms. The van der Waals surface area contributed by atoms with E-state index >= 15 is 0 Å². The quantitative estimate of drug-likeness (QED) is 0.457. The normalized spacial score (nSPS) is 18.1. The number of quaternary nitrogens is 1. The van der Waals surface area contributed by atoms with Crippen LogP contribution in [0.15, 0.2) is 0 Å². The lowest BCUT2D eigenvalue weighted by Crippen LogP contribution is -3.13. The Morgan fingerprint density at radius 3 is 2.65 bits per heavy atom. The van der Waals surface area contributed by atoms with Crippen molar-refractivity contribution < 1.29 is 9.80 Å². The van der Waals surface area contributed by atoms with Crippen LogP contribution in [-0.4, -0.2) is 32.5 Å². The molecule has 3 unspecified atom stereocenters. The molecule has 0 saturated heterocycles. The third-order valence-corrected chi connectivity index (χ3v) is 3.24. The van der Waals surface area contributed by atoms with Gasteiger partial charge >= 0.3 is 0 Å². The largest absolute Gasteiger partial charge is 0.632 e. The second-order valence-electron chi connectivity index (χ2n) is 4.61. The van der Waals surface area contributed by atoms with Crippen LogP contribution >= 0.6 is 0 Å². The summed E-state index contributed by atoms with van der Waals surface area (Å²) >= 11 is 0. The van der Waals surface area contributed by atoms with Crippen LogP contribution in [0.3, 0.4) is 0 Å². The van der Waals surface area contributed by atoms with E-state index in [0.29, 0.717) is 26.1 Å². The summed E-state index contributed by atoms with van der Waals surface area (Å²) in [5.74, 6) is 0.244. The van der Waals surface area contributed by atoms with E-state index in [9.17, 15) is 5.21 Å². The summed E-state index contributed by atoms with van der Waals surface area (Å²) in [5.41, 5.74) is 4.79. The minimum absolute atomic E-state index is 0.0577. The number of hydrogen-bond donors (Lipinski definition) is 2. The van der Waals surface area contributed by atoms with Crippen LogP contribution in [0.5, 0.6) is 0 Å². The number of nitrogens with zero attached hydrogens (tertiary/aromatic N) is 1. The first kappa shape index (κ1) is 16.3. The van der Waals surface area contributed by atoms with Gasteiger partial charge in [0.1, 0.15) is 0 Å². The summed E-state index contributed by atoms with van der Waals surface area (Å²) in [7, 11) is 1.56. The second kappa shape index (κ2) is 8.43. The molecular weight excluding hydrogens is 218 g/mol. The summed E-state index contributed by atoms with van der Waals surface area (Å²) in [5, 5.41) is 11.5. The molecule has 0 aromatic carbocycles. The molecule has 0 radical (unpaired) electrons. The van der Waals surface area contributed by atoms with Crippen molar-refractivity contribution >= 4 is 0 Å². The van der Waals surface area contributed by atoms with Crippen LogP contribution in [0.25, 0.3) is 4.85 Å². The first-order chi connectivity index (χ1) is 8.00. The first-order valence-corrected chi connectivity index (χ1v) is 6.22. The third kappa shape index (κ3) is 5.99. The summed E-state index contributed by atoms with van der Waals surface area (Å²) in [4.78, 5) is 3.65. The Morgan fingerprint density at radius 2 is 2.24 bits per heavy atom. The fourth-order valence-corrected chi connectivity index (χ4v) is 1.54. The number of hydroxylamine groups is 2. The molecule has 0 fully saturated rings. The Labute approximate surface area is 104 Å². The van der Waals surface area contributed by atoms with Crippen molar-refractivity contribution in [2.45, 2.75) is 38.8 Å². The van der Waals surface area contributed by atoms with Crippen LogP contribution in [0.2, 0.25) is 0 Å². The van der Waals surface area contributed by atoms with Crippen molar-refractivity contribution in [1.29, 1.82) is 0 Å². The van der Waals surface area contributed by atoms with Gasteiger partial charge in [-0.3, -0.25) is 0 Å². The van der Waals surface area contributed by atoms with Gasteiger partial charge in [-0.1, -0.05) is 11.8 Å². The van der Waals surface area contributed by atoms with Gasteiger partial charge in [0, 0.05) is 13.3 Å². The Morgan fingerprint density at radius 1 is 1.59 bits per heavy atom. The third-order valence-electron chi connectivity index (χ3n) is 3.24. The van der Waals surface area contributed by atoms with E-state index in [4.69, 9.17) is 17.0 Å². The van der Waals surface area contributed by atoms with Gasteiger partial charge in [0.2, 0.25) is 0 Å². The topological polar surface area (TPSA) is 67.1 Å². The van der Waals surface area contributed by atoms with Crippen LogP contribution in [0, 0.1) is 17.7 Å². The molecule has 0 saturated carbocycles. The van der Waals surface area contributed by atoms with E-state index < -0.39 is 5.72 Å². The maximum atomic E-state index is 11.5. The molecule has 0 aromatic rings. The summed E-state index contributed by atoms with van der Waals surface area (Å²) in [6.07, 6.45) is 2.52. The van der Waals surface area contributed by atoms with E-state index in [1.807, 2.05) is 13.8 Å². The Kier molecular flexibility index (Phi) is 8.09. The molecule has 0 bridgehead atoms. The monoisotopic (exact) mass is 244 g/mol. The highest BCUT2D eigenvalue weighted by Crippen LogP contribution is 2.13. The molecule has 100 valence electrons. The molecule has 0 aliphatic carbocycles. The zero-order chi connectivity index (χ0) is 13.3. The Balaban J connectivity index is 4.22. The van der Waals surface area contributed by atoms with Crippen LogP contribution < -0.4 is 10.8 Å². The zero-order valence-corrected chi connectivity index (χ0v) is 11.2. The lowest BCUT2D eigenvalue weighted by atomic mass is 10.0. The number of rotatable bonds is 9. The Hall–Kier alpha value is -0.670. The van der Waals surface area contributed by atoms with Crippen molar-refractivity contribution in [3.05, 3.63) is 10.1 Å². The van der Waals surface area contributed by atoms with Crippen molar-refractivity contribution in [2.75, 3.05) is 26.7 Å². The average molecular weight is 244 g/mol. The predicted octanol–water partition coefficient (Wildman–Crippen LogP) is 0.460. The van der Waals surface area contributed by atoms with Crippen molar-refractivity contribution in [1.82, 2.24) is 0 Å². The minimum Gasteiger partial charge on any atom is -0.632 e. The molecule has 3 N–H and O–H groups in total. The molecular formula is C12H26N3O2+. The molecule has 0 amide bonds. The maximum Gasteiger partial charge on any atom is 0.268 e. The van der Waals surface area contributed by atoms with E-state index in [0.717, 1.165) is 12.8 Å². The van der Waals surface area contributed by atoms with Gasteiger partial charge in [-0.05, 0) is 19.4 Å². The molecule has 3 atom stereocenters. The van der Waals surface area contributed by atoms with Gasteiger partial charge in [0.15, 0.2) is 5.72 Å². The lowest BCUT2D eigenvalue weighted by Gasteiger charge is -2.37. The molecule has 0 rings (SSSR count). The highest BCUT2D eigenvalue weighted by Gasteiger charge is 2.29. The van der Waals surface area contributed by atoms with E-state index in [1.54, 1.807) is 7.05 Å². The average Bonchev–Trinajstić information content (AvgIpc) is 2.32. The number of nitrogens with two attached hydrogens (primary N) is 1. The smallest absolute Gasteiger partial charge is 0.268 e. The van der Waals surface area contributed by atoms with Gasteiger partial charge < -0.3 is 20.7 Å². The van der Waals surface area contributed by atoms with Gasteiger partial charge in [-0.2, -0.15) is 0 Å². The fourth-order valence-electron chi connectivity index (χ4n) is 1.54. The minimum atomic E-state index is -0.685. The van der Waals surface area contributed by atoms with Crippen molar-refractivity contribution in [2.24, 2.45) is 11.7 Å². The molecule has 0 aliphatic heterocycles. The first-order valence-electron chi connectivity index (χ1n) is 6.22. The Bertz CT molecular complexity index is 240. The fraction of sp³-hybridized carbons (Fsp3) is 0.917. The summed E-state index contributed by atoms with van der Waals surface area (Å²) in [6.45, 7) is 10.7. The molecule has 0 aliphatic rings. The van der Waals surface area contributed by atoms with E-state index in [-0.39, 0.29) is 11.0 Å². The summed E-state index contributed by atoms with van der Waals surface area (Å²) in [6, 6.07) is 0. The number of hydrogen-bond acceptors (Lipinski definition) is 3. The van der Waals surface area contributed by atoms with E-state index in [1.165, 1.54) is 0 Å². The molecule has 0 spiro atoms. The lowest BCUT2D eigenvalue weighted by molar-refractivity contribution is -0.914. The number of nitrogens with one attached hydrogen (secondary N) is 1. The van der Waals surface area contributed by atoms with Crippen molar-refractivity contribution in [3.63, 3.8) is 0 Å². The predicted molar refractivity (Wildman–Crippen MR) is 69.9 cm³/mol. The molecule has 5 heteroatoms. The summed E-state index contributed by atoms with van der Waals surface area (Å²) < 4.78 is 5.75. The van der Waals surface area contributed by atoms with Gasteiger partial charge in [0.05, 0.1) is 19.6 Å². The van der Waals surface area contributed by atoms with Gasteiger partial charge in [-0.15, -0.1) is 0 Å². The van der Waals surface area contributed by atoms with E-state index in [2.05, 4.69) is 4.85 Å². The highest BCUT2D eigenvalue weighted by atomic mass is 16.6. The molecule has 0 aromatic heterocycles. The number of ether oxygens (including phenoxy) is 1. The van der Waals surface area contributed by atoms with Crippen molar-refractivity contribution in [3.8, 4) is 6.57 Å². The second-order valence-corrected chi connectivity index (χ2v) is 4.61. The van der Waals surface area contributed by atoms with Gasteiger partial charge in [0.25, 0.3) is 13.1 Å². The maximum absolute atomic E-state index is 11.5. The SMILES string of the molecule is C#[N+]CC(CCCN)COC(C)(CC)[NH+](C)[O-]. The molecule has 0 heterocycles. The van der Waals surface area contributed by atoms with Gasteiger partial charge in [-0.25, -0.2) is 0 Å². The highest BCUT2D eigenvalue weighted by molar-refractivity contribution is 4.74. The zero-order valence-electron chi connectivity index (χ0n) is 11.2.